The van der Waals surface area contributed by atoms with Crippen molar-refractivity contribution in [2.24, 2.45) is 0 Å². The SMILES string of the molecule is C=CCn1nc(O[C@@H]2O[C@H](CO)[C@@H](O)[C@H](O)[C@H]2O)c(Cc2ccc(SC)cc2)c1C(F)(F)F. The largest absolute Gasteiger partial charge is 0.443 e. The highest BCUT2D eigenvalue weighted by Gasteiger charge is 2.46. The van der Waals surface area contributed by atoms with E-state index in [4.69, 9.17) is 9.47 Å². The highest BCUT2D eigenvalue weighted by atomic mass is 32.2. The third kappa shape index (κ3) is 5.53. The number of halogens is 3. The molecule has 1 aromatic carbocycles. The number of rotatable bonds is 8. The first-order chi connectivity index (χ1) is 15.6. The minimum Gasteiger partial charge on any atom is -0.443 e. The topological polar surface area (TPSA) is 117 Å². The molecule has 182 valence electrons. The van der Waals surface area contributed by atoms with Crippen molar-refractivity contribution in [3.63, 3.8) is 0 Å². The molecule has 1 aliphatic rings. The predicted octanol–water partition coefficient (Wildman–Crippen LogP) is 1.58. The Morgan fingerprint density at radius 2 is 1.85 bits per heavy atom. The summed E-state index contributed by atoms with van der Waals surface area (Å²) in [6.07, 6.45) is -9.98. The highest BCUT2D eigenvalue weighted by molar-refractivity contribution is 7.98. The molecule has 12 heteroatoms. The monoisotopic (exact) mass is 490 g/mol. The molecule has 0 saturated carbocycles. The lowest BCUT2D eigenvalue weighted by molar-refractivity contribution is -0.278. The molecule has 0 radical (unpaired) electrons. The number of allylic oxidation sites excluding steroid dienone is 1. The molecule has 0 amide bonds. The van der Waals surface area contributed by atoms with Crippen LogP contribution in [0.2, 0.25) is 0 Å². The number of hydrogen-bond acceptors (Lipinski definition) is 8. The molecular weight excluding hydrogens is 465 g/mol. The average Bonchev–Trinajstić information content (AvgIpc) is 3.11. The van der Waals surface area contributed by atoms with Gasteiger partial charge in [0.15, 0.2) is 0 Å². The second-order valence-electron chi connectivity index (χ2n) is 7.44. The van der Waals surface area contributed by atoms with E-state index in [0.717, 1.165) is 4.90 Å². The van der Waals surface area contributed by atoms with Crippen LogP contribution in [0.15, 0.2) is 41.8 Å². The van der Waals surface area contributed by atoms with Gasteiger partial charge in [0.25, 0.3) is 0 Å². The van der Waals surface area contributed by atoms with Crippen LogP contribution in [-0.2, 0) is 23.9 Å². The summed E-state index contributed by atoms with van der Waals surface area (Å²) in [6.45, 7) is 2.49. The molecule has 2 heterocycles. The minimum atomic E-state index is -4.78. The molecule has 0 unspecified atom stereocenters. The van der Waals surface area contributed by atoms with Gasteiger partial charge in [-0.05, 0) is 24.0 Å². The number of hydrogen-bond donors (Lipinski definition) is 4. The molecule has 2 aromatic rings. The summed E-state index contributed by atoms with van der Waals surface area (Å²) in [5.41, 5.74) is -0.774. The van der Waals surface area contributed by atoms with E-state index in [1.807, 2.05) is 6.26 Å². The average molecular weight is 491 g/mol. The Kier molecular flexibility index (Phi) is 8.08. The van der Waals surface area contributed by atoms with Gasteiger partial charge in [-0.1, -0.05) is 18.2 Å². The number of alkyl halides is 3. The van der Waals surface area contributed by atoms with E-state index in [1.165, 1.54) is 17.8 Å². The normalized spacial score (nSPS) is 25.8. The summed E-state index contributed by atoms with van der Waals surface area (Å²) in [6, 6.07) is 6.93. The third-order valence-electron chi connectivity index (χ3n) is 5.20. The zero-order valence-electron chi connectivity index (χ0n) is 17.6. The highest BCUT2D eigenvalue weighted by Crippen LogP contribution is 2.38. The standard InChI is InChI=1S/C21H25F3N2O6S/c1-3-8-26-18(21(22,23)24)13(9-11-4-6-12(33-2)7-5-11)19(25-26)32-20-17(30)16(29)15(28)14(10-27)31-20/h3-7,14-17,20,27-30H,1,8-10H2,2H3/t14-,15-,16+,17-,20+/m1/s1. The van der Waals surface area contributed by atoms with Crippen molar-refractivity contribution in [3.8, 4) is 5.88 Å². The van der Waals surface area contributed by atoms with Crippen LogP contribution in [0.5, 0.6) is 5.88 Å². The Balaban J connectivity index is 2.03. The first-order valence-corrected chi connectivity index (χ1v) is 11.2. The molecule has 1 saturated heterocycles. The number of thioether (sulfide) groups is 1. The third-order valence-corrected chi connectivity index (χ3v) is 5.94. The first kappa shape index (κ1) is 25.5. The van der Waals surface area contributed by atoms with Crippen LogP contribution in [0.1, 0.15) is 16.8 Å². The van der Waals surface area contributed by atoms with Crippen LogP contribution in [0.25, 0.3) is 0 Å². The fourth-order valence-electron chi connectivity index (χ4n) is 3.53. The maximum Gasteiger partial charge on any atom is 0.433 e. The van der Waals surface area contributed by atoms with Gasteiger partial charge < -0.3 is 29.9 Å². The maximum atomic E-state index is 14.0. The summed E-state index contributed by atoms with van der Waals surface area (Å²) in [5, 5.41) is 43.4. The lowest BCUT2D eigenvalue weighted by atomic mass is 9.99. The van der Waals surface area contributed by atoms with E-state index in [0.29, 0.717) is 10.2 Å². The Labute approximate surface area is 192 Å². The van der Waals surface area contributed by atoms with Crippen molar-refractivity contribution in [2.45, 2.75) is 54.7 Å². The fraction of sp³-hybridized carbons (Fsp3) is 0.476. The van der Waals surface area contributed by atoms with Gasteiger partial charge in [-0.25, -0.2) is 0 Å². The molecule has 3 rings (SSSR count). The van der Waals surface area contributed by atoms with Gasteiger partial charge in [-0.2, -0.15) is 13.2 Å². The van der Waals surface area contributed by atoms with E-state index in [9.17, 15) is 33.6 Å². The lowest BCUT2D eigenvalue weighted by Gasteiger charge is -2.39. The Hall–Kier alpha value is -2.09. The van der Waals surface area contributed by atoms with E-state index >= 15 is 0 Å². The quantitative estimate of drug-likeness (QED) is 0.326. The number of aliphatic hydroxyl groups is 4. The molecule has 1 fully saturated rings. The van der Waals surface area contributed by atoms with Gasteiger partial charge in [0.05, 0.1) is 18.7 Å². The van der Waals surface area contributed by atoms with Crippen molar-refractivity contribution >= 4 is 11.8 Å². The van der Waals surface area contributed by atoms with Gasteiger partial charge >= 0.3 is 6.18 Å². The van der Waals surface area contributed by atoms with Gasteiger partial charge in [0, 0.05) is 11.3 Å². The van der Waals surface area contributed by atoms with Crippen LogP contribution in [0, 0.1) is 0 Å². The molecule has 5 atom stereocenters. The van der Waals surface area contributed by atoms with Gasteiger partial charge in [0.1, 0.15) is 30.1 Å². The summed E-state index contributed by atoms with van der Waals surface area (Å²) < 4.78 is 53.5. The second-order valence-corrected chi connectivity index (χ2v) is 8.32. The summed E-state index contributed by atoms with van der Waals surface area (Å²) >= 11 is 1.49. The molecule has 0 bridgehead atoms. The van der Waals surface area contributed by atoms with E-state index in [-0.39, 0.29) is 18.5 Å². The molecule has 8 nitrogen and oxygen atoms in total. The van der Waals surface area contributed by atoms with Gasteiger partial charge in [0.2, 0.25) is 12.2 Å². The Bertz CT molecular complexity index is 951. The van der Waals surface area contributed by atoms with E-state index < -0.39 is 55.1 Å². The molecule has 4 N–H and O–H groups in total. The van der Waals surface area contributed by atoms with Crippen LogP contribution < -0.4 is 4.74 Å². The number of aromatic nitrogens is 2. The van der Waals surface area contributed by atoms with Crippen LogP contribution in [0.4, 0.5) is 13.2 Å². The fourth-order valence-corrected chi connectivity index (χ4v) is 3.93. The molecule has 1 aromatic heterocycles. The zero-order valence-corrected chi connectivity index (χ0v) is 18.5. The number of aliphatic hydroxyl groups excluding tert-OH is 4. The predicted molar refractivity (Wildman–Crippen MR) is 113 cm³/mol. The van der Waals surface area contributed by atoms with Gasteiger partial charge in [-0.15, -0.1) is 23.4 Å². The van der Waals surface area contributed by atoms with Crippen molar-refractivity contribution < 1.29 is 43.1 Å². The number of ether oxygens (including phenoxy) is 2. The second kappa shape index (κ2) is 10.5. The molecule has 33 heavy (non-hydrogen) atoms. The van der Waals surface area contributed by atoms with E-state index in [1.54, 1.807) is 24.3 Å². The van der Waals surface area contributed by atoms with Crippen molar-refractivity contribution in [2.75, 3.05) is 12.9 Å². The van der Waals surface area contributed by atoms with Crippen LogP contribution in [-0.4, -0.2) is 73.8 Å². The number of nitrogens with zero attached hydrogens (tertiary/aromatic N) is 2. The smallest absolute Gasteiger partial charge is 0.433 e. The summed E-state index contributed by atoms with van der Waals surface area (Å²) in [7, 11) is 0. The first-order valence-electron chi connectivity index (χ1n) is 9.98. The van der Waals surface area contributed by atoms with Crippen LogP contribution in [0.3, 0.4) is 0 Å². The molecule has 0 spiro atoms. The summed E-state index contributed by atoms with van der Waals surface area (Å²) in [4.78, 5) is 0.940. The lowest BCUT2D eigenvalue weighted by Crippen LogP contribution is -2.60. The Morgan fingerprint density at radius 3 is 2.39 bits per heavy atom. The Morgan fingerprint density at radius 1 is 1.18 bits per heavy atom. The zero-order chi connectivity index (χ0) is 24.3. The van der Waals surface area contributed by atoms with Gasteiger partial charge in [-0.3, -0.25) is 4.68 Å². The van der Waals surface area contributed by atoms with Crippen molar-refractivity contribution in [1.29, 1.82) is 0 Å². The molecular formula is C21H25F3N2O6S. The molecule has 0 aliphatic carbocycles. The number of benzene rings is 1. The molecule has 1 aliphatic heterocycles. The van der Waals surface area contributed by atoms with Crippen molar-refractivity contribution in [3.05, 3.63) is 53.7 Å². The minimum absolute atomic E-state index is 0.187. The maximum absolute atomic E-state index is 14.0. The van der Waals surface area contributed by atoms with Crippen LogP contribution >= 0.6 is 11.8 Å². The van der Waals surface area contributed by atoms with E-state index in [2.05, 4.69) is 11.7 Å². The summed E-state index contributed by atoms with van der Waals surface area (Å²) in [5.74, 6) is -0.456. The van der Waals surface area contributed by atoms with Crippen molar-refractivity contribution in [1.82, 2.24) is 9.78 Å².